The summed E-state index contributed by atoms with van der Waals surface area (Å²) in [6.07, 6.45) is 3.78. The Morgan fingerprint density at radius 3 is 2.62 bits per heavy atom. The van der Waals surface area contributed by atoms with Gasteiger partial charge >= 0.3 is 0 Å². The van der Waals surface area contributed by atoms with E-state index in [0.29, 0.717) is 17.2 Å². The Bertz CT molecular complexity index is 838. The van der Waals surface area contributed by atoms with Crippen LogP contribution < -0.4 is 9.64 Å². The first kappa shape index (κ1) is 16.1. The molecule has 1 heterocycles. The van der Waals surface area contributed by atoms with Crippen LogP contribution in [0.2, 0.25) is 0 Å². The molecule has 0 bridgehead atoms. The largest absolute Gasteiger partial charge is 0.491 e. The number of ether oxygens (including phenoxy) is 1. The molecule has 0 unspecified atom stereocenters. The van der Waals surface area contributed by atoms with Gasteiger partial charge in [-0.15, -0.1) is 0 Å². The fourth-order valence-corrected chi connectivity index (χ4v) is 2.29. The zero-order chi connectivity index (χ0) is 16.9. The number of anilines is 1. The van der Waals surface area contributed by atoms with E-state index in [1.165, 1.54) is 0 Å². The molecule has 0 atom stereocenters. The van der Waals surface area contributed by atoms with Gasteiger partial charge in [-0.05, 0) is 35.9 Å². The van der Waals surface area contributed by atoms with Crippen molar-refractivity contribution in [3.8, 4) is 5.75 Å². The van der Waals surface area contributed by atoms with E-state index in [9.17, 15) is 4.39 Å². The number of hydrogen-bond donors (Lipinski definition) is 0. The molecule has 0 fully saturated rings. The average Bonchev–Trinajstić information content (AvgIpc) is 3.00. The van der Waals surface area contributed by atoms with Crippen LogP contribution in [0.4, 0.5) is 10.1 Å². The maximum atomic E-state index is 12.2. The van der Waals surface area contributed by atoms with Crippen molar-refractivity contribution in [1.82, 2.24) is 4.98 Å². The number of halogens is 1. The van der Waals surface area contributed by atoms with E-state index in [4.69, 9.17) is 9.15 Å². The molecule has 3 rings (SSSR count). The fourth-order valence-electron chi connectivity index (χ4n) is 2.29. The Labute approximate surface area is 140 Å². The second kappa shape index (κ2) is 7.17. The van der Waals surface area contributed by atoms with Gasteiger partial charge in [0.25, 0.3) is 0 Å². The smallest absolute Gasteiger partial charge is 0.220 e. The molecular weight excluding hydrogens is 307 g/mol. The second-order valence-corrected chi connectivity index (χ2v) is 5.54. The van der Waals surface area contributed by atoms with E-state index in [2.05, 4.69) is 22.0 Å². The summed E-state index contributed by atoms with van der Waals surface area (Å²) in [6.45, 7) is -0.482. The lowest BCUT2D eigenvalue weighted by molar-refractivity contribution is 0.273. The summed E-state index contributed by atoms with van der Waals surface area (Å²) in [7, 11) is 4.02. The molecule has 4 nitrogen and oxygen atoms in total. The maximum Gasteiger partial charge on any atom is 0.220 e. The molecule has 24 heavy (non-hydrogen) atoms. The molecule has 0 saturated heterocycles. The minimum absolute atomic E-state index is 0.0371. The summed E-state index contributed by atoms with van der Waals surface area (Å²) in [5.74, 6) is 1.09. The average molecular weight is 326 g/mol. The van der Waals surface area contributed by atoms with E-state index in [0.717, 1.165) is 16.8 Å². The zero-order valence-corrected chi connectivity index (χ0v) is 13.7. The third kappa shape index (κ3) is 3.74. The van der Waals surface area contributed by atoms with Crippen LogP contribution in [-0.4, -0.2) is 32.4 Å². The number of hydrogen-bond acceptors (Lipinski definition) is 4. The summed E-state index contributed by atoms with van der Waals surface area (Å²) in [4.78, 5) is 6.46. The number of benzene rings is 2. The first-order valence-electron chi connectivity index (χ1n) is 7.70. The molecule has 3 aromatic rings. The molecule has 0 aliphatic rings. The van der Waals surface area contributed by atoms with Crippen molar-refractivity contribution in [2.75, 3.05) is 32.3 Å². The normalized spacial score (nSPS) is 11.3. The highest BCUT2D eigenvalue weighted by atomic mass is 19.1. The van der Waals surface area contributed by atoms with Gasteiger partial charge in [-0.3, -0.25) is 0 Å². The van der Waals surface area contributed by atoms with Gasteiger partial charge in [0.2, 0.25) is 5.89 Å². The van der Waals surface area contributed by atoms with E-state index in [1.54, 1.807) is 18.2 Å². The molecule has 0 saturated carbocycles. The lowest BCUT2D eigenvalue weighted by Crippen LogP contribution is -2.07. The summed E-state index contributed by atoms with van der Waals surface area (Å²) >= 11 is 0. The summed E-state index contributed by atoms with van der Waals surface area (Å²) in [5.41, 5.74) is 3.57. The molecule has 5 heteroatoms. The standard InChI is InChI=1S/C19H19FN2O2/c1-22(2)15-6-3-14(4-7-15)5-10-19-21-17-9-8-16(23-12-11-20)13-18(17)24-19/h3-10,13H,11-12H2,1-2H3. The number of fused-ring (bicyclic) bond motifs is 1. The van der Waals surface area contributed by atoms with Crippen molar-refractivity contribution in [1.29, 1.82) is 0 Å². The third-order valence-corrected chi connectivity index (χ3v) is 3.55. The van der Waals surface area contributed by atoms with Gasteiger partial charge in [-0.25, -0.2) is 9.37 Å². The molecule has 0 N–H and O–H groups in total. The molecule has 0 aliphatic heterocycles. The predicted molar refractivity (Wildman–Crippen MR) is 95.2 cm³/mol. The number of rotatable bonds is 6. The Kier molecular flexibility index (Phi) is 4.79. The number of nitrogens with zero attached hydrogens (tertiary/aromatic N) is 2. The topological polar surface area (TPSA) is 38.5 Å². The van der Waals surface area contributed by atoms with Gasteiger partial charge in [0.15, 0.2) is 5.58 Å². The minimum Gasteiger partial charge on any atom is -0.491 e. The number of aromatic nitrogens is 1. The van der Waals surface area contributed by atoms with E-state index >= 15 is 0 Å². The molecular formula is C19H19FN2O2. The van der Waals surface area contributed by atoms with Gasteiger partial charge in [0.1, 0.15) is 24.5 Å². The Morgan fingerprint density at radius 2 is 1.92 bits per heavy atom. The van der Waals surface area contributed by atoms with E-state index < -0.39 is 6.67 Å². The van der Waals surface area contributed by atoms with Gasteiger partial charge < -0.3 is 14.1 Å². The van der Waals surface area contributed by atoms with Crippen molar-refractivity contribution >= 4 is 28.9 Å². The lowest BCUT2D eigenvalue weighted by Gasteiger charge is -2.11. The number of oxazole rings is 1. The van der Waals surface area contributed by atoms with Crippen molar-refractivity contribution in [3.05, 3.63) is 53.9 Å². The fraction of sp³-hybridized carbons (Fsp3) is 0.211. The van der Waals surface area contributed by atoms with Crippen LogP contribution in [0.5, 0.6) is 5.75 Å². The molecule has 2 aromatic carbocycles. The van der Waals surface area contributed by atoms with E-state index in [1.807, 2.05) is 38.4 Å². The van der Waals surface area contributed by atoms with Crippen LogP contribution in [-0.2, 0) is 0 Å². The highest BCUT2D eigenvalue weighted by molar-refractivity contribution is 5.77. The molecule has 0 aliphatic carbocycles. The first-order chi connectivity index (χ1) is 11.7. The number of alkyl halides is 1. The van der Waals surface area contributed by atoms with Crippen molar-refractivity contribution in [3.63, 3.8) is 0 Å². The zero-order valence-electron chi connectivity index (χ0n) is 13.7. The van der Waals surface area contributed by atoms with Gasteiger partial charge in [0, 0.05) is 31.9 Å². The van der Waals surface area contributed by atoms with Gasteiger partial charge in [-0.1, -0.05) is 12.1 Å². The van der Waals surface area contributed by atoms with Crippen LogP contribution in [0.1, 0.15) is 11.5 Å². The second-order valence-electron chi connectivity index (χ2n) is 5.54. The highest BCUT2D eigenvalue weighted by Gasteiger charge is 2.05. The molecule has 1 aromatic heterocycles. The van der Waals surface area contributed by atoms with Crippen molar-refractivity contribution in [2.45, 2.75) is 0 Å². The Balaban J connectivity index is 1.76. The van der Waals surface area contributed by atoms with Crippen molar-refractivity contribution in [2.24, 2.45) is 0 Å². The first-order valence-corrected chi connectivity index (χ1v) is 7.70. The third-order valence-electron chi connectivity index (χ3n) is 3.55. The van der Waals surface area contributed by atoms with Crippen molar-refractivity contribution < 1.29 is 13.5 Å². The summed E-state index contributed by atoms with van der Waals surface area (Å²) in [6, 6.07) is 13.5. The molecule has 0 radical (unpaired) electrons. The predicted octanol–water partition coefficient (Wildman–Crippen LogP) is 4.41. The monoisotopic (exact) mass is 326 g/mol. The Hall–Kier alpha value is -2.82. The SMILES string of the molecule is CN(C)c1ccc(C=Cc2nc3ccc(OCCF)cc3o2)cc1. The molecule has 124 valence electrons. The summed E-state index contributed by atoms with van der Waals surface area (Å²) < 4.78 is 23.1. The van der Waals surface area contributed by atoms with Crippen LogP contribution in [0.25, 0.3) is 23.3 Å². The van der Waals surface area contributed by atoms with Gasteiger partial charge in [-0.2, -0.15) is 0 Å². The van der Waals surface area contributed by atoms with Crippen LogP contribution >= 0.6 is 0 Å². The van der Waals surface area contributed by atoms with Crippen LogP contribution in [0, 0.1) is 0 Å². The highest BCUT2D eigenvalue weighted by Crippen LogP contribution is 2.23. The quantitative estimate of drug-likeness (QED) is 0.672. The minimum atomic E-state index is -0.519. The summed E-state index contributed by atoms with van der Waals surface area (Å²) in [5, 5.41) is 0. The van der Waals surface area contributed by atoms with Crippen LogP contribution in [0.15, 0.2) is 46.9 Å². The lowest BCUT2D eigenvalue weighted by atomic mass is 10.2. The molecule has 0 spiro atoms. The Morgan fingerprint density at radius 1 is 1.12 bits per heavy atom. The van der Waals surface area contributed by atoms with Gasteiger partial charge in [0.05, 0.1) is 0 Å². The molecule has 0 amide bonds. The van der Waals surface area contributed by atoms with E-state index in [-0.39, 0.29) is 6.61 Å². The maximum absolute atomic E-state index is 12.2. The van der Waals surface area contributed by atoms with Crippen LogP contribution in [0.3, 0.4) is 0 Å².